The van der Waals surface area contributed by atoms with E-state index in [1.807, 2.05) is 12.1 Å². The molecule has 3 nitrogen and oxygen atoms in total. The molecule has 0 aliphatic carbocycles. The molecule has 0 heterocycles. The molecule has 21 heavy (non-hydrogen) atoms. The second-order valence-corrected chi connectivity index (χ2v) is 5.43. The van der Waals surface area contributed by atoms with Crippen molar-refractivity contribution in [3.05, 3.63) is 64.1 Å². The van der Waals surface area contributed by atoms with Gasteiger partial charge in [-0.15, -0.1) is 0 Å². The molecular weight excluding hydrogens is 309 g/mol. The molecule has 0 radical (unpaired) electrons. The normalized spacial score (nSPS) is 11.8. The fraction of sp³-hybridized carbons (Fsp3) is 0.188. The summed E-state index contributed by atoms with van der Waals surface area (Å²) in [6.45, 7) is 2.14. The van der Waals surface area contributed by atoms with Crippen LogP contribution in [0.25, 0.3) is 0 Å². The van der Waals surface area contributed by atoms with Gasteiger partial charge in [-0.05, 0) is 48.9 Å². The van der Waals surface area contributed by atoms with E-state index in [-0.39, 0.29) is 5.91 Å². The van der Waals surface area contributed by atoms with Gasteiger partial charge < -0.3 is 10.1 Å². The van der Waals surface area contributed by atoms with Crippen LogP contribution < -0.4 is 10.1 Å². The number of carbonyl (C=O) groups is 1. The number of hydrogen-bond acceptors (Lipinski definition) is 2. The molecule has 0 spiro atoms. The van der Waals surface area contributed by atoms with E-state index in [1.165, 1.54) is 0 Å². The highest BCUT2D eigenvalue weighted by Gasteiger charge is 2.14. The molecular formula is C16H15Cl2NO2. The van der Waals surface area contributed by atoms with Crippen LogP contribution in [0.5, 0.6) is 5.75 Å². The Labute approximate surface area is 133 Å². The second kappa shape index (κ2) is 7.34. The zero-order valence-electron chi connectivity index (χ0n) is 11.5. The average molecular weight is 324 g/mol. The van der Waals surface area contributed by atoms with Crippen molar-refractivity contribution in [1.29, 1.82) is 0 Å². The van der Waals surface area contributed by atoms with Crippen LogP contribution in [0.3, 0.4) is 0 Å². The monoisotopic (exact) mass is 323 g/mol. The highest BCUT2D eigenvalue weighted by Crippen LogP contribution is 2.17. The fourth-order valence-electron chi connectivity index (χ4n) is 1.71. The molecule has 1 amide bonds. The first-order valence-corrected chi connectivity index (χ1v) is 7.24. The third-order valence-corrected chi connectivity index (χ3v) is 3.38. The molecule has 110 valence electrons. The molecule has 0 aliphatic rings. The molecule has 1 unspecified atom stereocenters. The van der Waals surface area contributed by atoms with Gasteiger partial charge in [0, 0.05) is 16.6 Å². The lowest BCUT2D eigenvalue weighted by atomic mass is 10.2. The number of ether oxygens (including phenoxy) is 1. The Morgan fingerprint density at radius 3 is 2.14 bits per heavy atom. The van der Waals surface area contributed by atoms with Crippen molar-refractivity contribution in [2.75, 3.05) is 0 Å². The van der Waals surface area contributed by atoms with E-state index in [0.717, 1.165) is 5.56 Å². The molecule has 0 saturated carbocycles. The summed E-state index contributed by atoms with van der Waals surface area (Å²) >= 11 is 11.6. The van der Waals surface area contributed by atoms with E-state index in [2.05, 4.69) is 5.32 Å². The minimum atomic E-state index is -0.585. The lowest BCUT2D eigenvalue weighted by Crippen LogP contribution is -2.35. The van der Waals surface area contributed by atoms with Gasteiger partial charge in [0.2, 0.25) is 0 Å². The summed E-state index contributed by atoms with van der Waals surface area (Å²) in [4.78, 5) is 12.0. The van der Waals surface area contributed by atoms with E-state index >= 15 is 0 Å². The summed E-state index contributed by atoms with van der Waals surface area (Å²) < 4.78 is 5.55. The van der Waals surface area contributed by atoms with Gasteiger partial charge in [-0.3, -0.25) is 4.79 Å². The molecule has 1 N–H and O–H groups in total. The van der Waals surface area contributed by atoms with Crippen molar-refractivity contribution >= 4 is 29.1 Å². The minimum absolute atomic E-state index is 0.181. The van der Waals surface area contributed by atoms with Crippen LogP contribution in [-0.2, 0) is 11.3 Å². The van der Waals surface area contributed by atoms with Gasteiger partial charge in [-0.1, -0.05) is 35.3 Å². The fourth-order valence-corrected chi connectivity index (χ4v) is 1.96. The number of amides is 1. The number of hydrogen-bond donors (Lipinski definition) is 1. The van der Waals surface area contributed by atoms with Crippen LogP contribution in [0.15, 0.2) is 48.5 Å². The molecule has 2 rings (SSSR count). The van der Waals surface area contributed by atoms with Crippen molar-refractivity contribution in [2.45, 2.75) is 19.6 Å². The van der Waals surface area contributed by atoms with E-state index in [1.54, 1.807) is 43.3 Å². The molecule has 0 saturated heterocycles. The molecule has 2 aromatic rings. The maximum Gasteiger partial charge on any atom is 0.261 e. The first-order chi connectivity index (χ1) is 10.0. The lowest BCUT2D eigenvalue weighted by Gasteiger charge is -2.14. The van der Waals surface area contributed by atoms with E-state index < -0.39 is 6.10 Å². The highest BCUT2D eigenvalue weighted by molar-refractivity contribution is 6.30. The van der Waals surface area contributed by atoms with Crippen LogP contribution in [0.2, 0.25) is 10.0 Å². The zero-order valence-corrected chi connectivity index (χ0v) is 13.0. The first-order valence-electron chi connectivity index (χ1n) is 6.49. The van der Waals surface area contributed by atoms with Crippen molar-refractivity contribution in [3.63, 3.8) is 0 Å². The predicted molar refractivity (Wildman–Crippen MR) is 84.8 cm³/mol. The average Bonchev–Trinajstić information content (AvgIpc) is 2.48. The minimum Gasteiger partial charge on any atom is -0.481 e. The van der Waals surface area contributed by atoms with Gasteiger partial charge in [-0.2, -0.15) is 0 Å². The van der Waals surface area contributed by atoms with Crippen LogP contribution in [0.1, 0.15) is 12.5 Å². The summed E-state index contributed by atoms with van der Waals surface area (Å²) in [5.74, 6) is 0.424. The quantitative estimate of drug-likeness (QED) is 0.900. The van der Waals surface area contributed by atoms with E-state index in [4.69, 9.17) is 27.9 Å². The molecule has 0 aromatic heterocycles. The summed E-state index contributed by atoms with van der Waals surface area (Å²) in [6.07, 6.45) is -0.585. The Balaban J connectivity index is 1.84. The molecule has 0 bridgehead atoms. The predicted octanol–water partition coefficient (Wildman–Crippen LogP) is 4.08. The van der Waals surface area contributed by atoms with E-state index in [0.29, 0.717) is 22.3 Å². The van der Waals surface area contributed by atoms with Crippen LogP contribution >= 0.6 is 23.2 Å². The van der Waals surface area contributed by atoms with Gasteiger partial charge in [0.15, 0.2) is 6.10 Å². The van der Waals surface area contributed by atoms with Gasteiger partial charge in [-0.25, -0.2) is 0 Å². The number of halogens is 2. The van der Waals surface area contributed by atoms with Gasteiger partial charge in [0.05, 0.1) is 0 Å². The largest absolute Gasteiger partial charge is 0.481 e. The SMILES string of the molecule is CC(Oc1ccc(Cl)cc1)C(=O)NCc1ccc(Cl)cc1. The van der Waals surface area contributed by atoms with Crippen molar-refractivity contribution in [1.82, 2.24) is 5.32 Å². The third kappa shape index (κ3) is 4.96. The Kier molecular flexibility index (Phi) is 5.48. The number of rotatable bonds is 5. The van der Waals surface area contributed by atoms with Crippen molar-refractivity contribution in [2.24, 2.45) is 0 Å². The van der Waals surface area contributed by atoms with Gasteiger partial charge >= 0.3 is 0 Å². The lowest BCUT2D eigenvalue weighted by molar-refractivity contribution is -0.127. The Hall–Kier alpha value is -1.71. The topological polar surface area (TPSA) is 38.3 Å². The van der Waals surface area contributed by atoms with Gasteiger partial charge in [0.1, 0.15) is 5.75 Å². The molecule has 0 fully saturated rings. The van der Waals surface area contributed by atoms with Gasteiger partial charge in [0.25, 0.3) is 5.91 Å². The molecule has 1 atom stereocenters. The smallest absolute Gasteiger partial charge is 0.261 e. The maximum absolute atomic E-state index is 12.0. The van der Waals surface area contributed by atoms with E-state index in [9.17, 15) is 4.79 Å². The van der Waals surface area contributed by atoms with Crippen molar-refractivity contribution < 1.29 is 9.53 Å². The first kappa shape index (κ1) is 15.7. The number of benzene rings is 2. The molecule has 0 aliphatic heterocycles. The van der Waals surface area contributed by atoms with Crippen molar-refractivity contribution in [3.8, 4) is 5.75 Å². The zero-order chi connectivity index (χ0) is 15.2. The van der Waals surface area contributed by atoms with Crippen LogP contribution in [0.4, 0.5) is 0 Å². The number of carbonyl (C=O) groups excluding carboxylic acids is 1. The third-order valence-electron chi connectivity index (χ3n) is 2.88. The Morgan fingerprint density at radius 1 is 1.05 bits per heavy atom. The standard InChI is InChI=1S/C16H15Cl2NO2/c1-11(21-15-8-6-14(18)7-9-15)16(20)19-10-12-2-4-13(17)5-3-12/h2-9,11H,10H2,1H3,(H,19,20). The summed E-state index contributed by atoms with van der Waals surface area (Å²) in [5.41, 5.74) is 0.978. The summed E-state index contributed by atoms with van der Waals surface area (Å²) in [7, 11) is 0. The maximum atomic E-state index is 12.0. The Bertz CT molecular complexity index is 597. The highest BCUT2D eigenvalue weighted by atomic mass is 35.5. The van der Waals surface area contributed by atoms with Crippen LogP contribution in [0, 0.1) is 0 Å². The molecule has 2 aromatic carbocycles. The van der Waals surface area contributed by atoms with Crippen LogP contribution in [-0.4, -0.2) is 12.0 Å². The summed E-state index contributed by atoms with van der Waals surface area (Å²) in [6, 6.07) is 14.2. The second-order valence-electron chi connectivity index (χ2n) is 4.56. The number of nitrogens with one attached hydrogen (secondary N) is 1. The summed E-state index contributed by atoms with van der Waals surface area (Å²) in [5, 5.41) is 4.11. The molecule has 5 heteroatoms. The Morgan fingerprint density at radius 2 is 1.57 bits per heavy atom.